The van der Waals surface area contributed by atoms with Gasteiger partial charge in [0, 0.05) is 10.9 Å². The molecule has 0 heterocycles. The molecular weight excluding hydrogens is 312 g/mol. The lowest BCUT2D eigenvalue weighted by atomic mass is 10.0. The number of halogens is 2. The molecule has 0 amide bonds. The maximum absolute atomic E-state index is 11.2. The lowest BCUT2D eigenvalue weighted by Crippen LogP contribution is -2.06. The monoisotopic (exact) mass is 320 g/mol. The third-order valence-electron chi connectivity index (χ3n) is 1.88. The molecule has 0 fully saturated rings. The number of ketones is 1. The number of rotatable bonds is 4. The Labute approximate surface area is 99.6 Å². The van der Waals surface area contributed by atoms with Crippen molar-refractivity contribution in [3.8, 4) is 0 Å². The first kappa shape index (κ1) is 11.9. The van der Waals surface area contributed by atoms with Crippen LogP contribution in [0.2, 0.25) is 0 Å². The summed E-state index contributed by atoms with van der Waals surface area (Å²) in [6, 6.07) is 5.56. The number of aliphatic hydroxyl groups excluding tert-OH is 1. The van der Waals surface area contributed by atoms with Crippen LogP contribution in [0.15, 0.2) is 22.7 Å². The molecule has 1 aromatic carbocycles. The van der Waals surface area contributed by atoms with E-state index < -0.39 is 0 Å². The van der Waals surface area contributed by atoms with E-state index in [0.29, 0.717) is 11.8 Å². The fourth-order valence-electron chi connectivity index (χ4n) is 1.17. The van der Waals surface area contributed by atoms with Crippen LogP contribution >= 0.6 is 31.9 Å². The standard InChI is InChI=1S/C10H10Br2O2/c11-5-10(14)4-7-1-2-9(12)3-8(7)6-13/h1-3,13H,4-6H2. The normalized spacial score (nSPS) is 10.2. The predicted octanol–water partition coefficient (Wildman–Crippen LogP) is 2.45. The summed E-state index contributed by atoms with van der Waals surface area (Å²) in [5.74, 6) is 0.113. The molecule has 0 atom stereocenters. The van der Waals surface area contributed by atoms with E-state index in [0.717, 1.165) is 15.6 Å². The molecule has 0 saturated heterocycles. The zero-order valence-corrected chi connectivity index (χ0v) is 10.6. The Morgan fingerprint density at radius 3 is 2.64 bits per heavy atom. The van der Waals surface area contributed by atoms with Crippen molar-refractivity contribution in [2.75, 3.05) is 5.33 Å². The highest BCUT2D eigenvalue weighted by atomic mass is 79.9. The van der Waals surface area contributed by atoms with Crippen LogP contribution in [-0.2, 0) is 17.8 Å². The van der Waals surface area contributed by atoms with Crippen molar-refractivity contribution in [2.45, 2.75) is 13.0 Å². The summed E-state index contributed by atoms with van der Waals surface area (Å²) in [6.07, 6.45) is 0.369. The molecule has 0 spiro atoms. The van der Waals surface area contributed by atoms with E-state index in [4.69, 9.17) is 5.11 Å². The number of Topliss-reactive ketones (excluding diaryl/α,β-unsaturated/α-hetero) is 1. The van der Waals surface area contributed by atoms with Crippen molar-refractivity contribution in [3.63, 3.8) is 0 Å². The summed E-state index contributed by atoms with van der Waals surface area (Å²) in [5, 5.41) is 9.44. The Balaban J connectivity index is 2.90. The summed E-state index contributed by atoms with van der Waals surface area (Å²) in [7, 11) is 0. The van der Waals surface area contributed by atoms with Gasteiger partial charge in [-0.2, -0.15) is 0 Å². The molecule has 2 nitrogen and oxygen atoms in total. The zero-order valence-electron chi connectivity index (χ0n) is 7.46. The highest BCUT2D eigenvalue weighted by molar-refractivity contribution is 9.10. The number of carbonyl (C=O) groups excluding carboxylic acids is 1. The molecule has 0 aliphatic rings. The van der Waals surface area contributed by atoms with Crippen LogP contribution in [0.3, 0.4) is 0 Å². The molecule has 0 unspecified atom stereocenters. The first-order chi connectivity index (χ1) is 6.67. The quantitative estimate of drug-likeness (QED) is 0.865. The third-order valence-corrected chi connectivity index (χ3v) is 2.99. The lowest BCUT2D eigenvalue weighted by molar-refractivity contribution is -0.115. The number of hydrogen-bond acceptors (Lipinski definition) is 2. The van der Waals surface area contributed by atoms with E-state index in [1.807, 2.05) is 18.2 Å². The minimum Gasteiger partial charge on any atom is -0.392 e. The minimum atomic E-state index is -0.0374. The molecule has 0 aliphatic heterocycles. The van der Waals surface area contributed by atoms with Gasteiger partial charge in [0.1, 0.15) is 5.78 Å². The largest absolute Gasteiger partial charge is 0.392 e. The predicted molar refractivity (Wildman–Crippen MR) is 62.6 cm³/mol. The minimum absolute atomic E-state index is 0.0374. The molecule has 4 heteroatoms. The average molecular weight is 322 g/mol. The molecule has 0 radical (unpaired) electrons. The number of hydrogen-bond donors (Lipinski definition) is 1. The van der Waals surface area contributed by atoms with Crippen LogP contribution in [0.1, 0.15) is 11.1 Å². The van der Waals surface area contributed by atoms with Gasteiger partial charge < -0.3 is 5.11 Å². The van der Waals surface area contributed by atoms with Gasteiger partial charge in [-0.1, -0.05) is 37.9 Å². The Morgan fingerprint density at radius 2 is 2.07 bits per heavy atom. The van der Waals surface area contributed by atoms with Crippen LogP contribution < -0.4 is 0 Å². The van der Waals surface area contributed by atoms with E-state index >= 15 is 0 Å². The molecule has 0 aromatic heterocycles. The van der Waals surface area contributed by atoms with E-state index in [1.165, 1.54) is 0 Å². The van der Waals surface area contributed by atoms with E-state index in [2.05, 4.69) is 31.9 Å². The highest BCUT2D eigenvalue weighted by Gasteiger charge is 2.06. The summed E-state index contributed by atoms with van der Waals surface area (Å²) >= 11 is 6.43. The third kappa shape index (κ3) is 3.19. The van der Waals surface area contributed by atoms with Crippen LogP contribution in [0.4, 0.5) is 0 Å². The molecule has 1 rings (SSSR count). The van der Waals surface area contributed by atoms with Crippen molar-refractivity contribution in [3.05, 3.63) is 33.8 Å². The molecule has 1 N–H and O–H groups in total. The molecule has 1 aromatic rings. The van der Waals surface area contributed by atoms with Crippen molar-refractivity contribution < 1.29 is 9.90 Å². The second-order valence-corrected chi connectivity index (χ2v) is 4.40. The second-order valence-electron chi connectivity index (χ2n) is 2.92. The van der Waals surface area contributed by atoms with Crippen LogP contribution in [0.5, 0.6) is 0 Å². The van der Waals surface area contributed by atoms with Gasteiger partial charge in [-0.25, -0.2) is 0 Å². The van der Waals surface area contributed by atoms with E-state index in [9.17, 15) is 4.79 Å². The number of benzene rings is 1. The van der Waals surface area contributed by atoms with E-state index in [1.54, 1.807) is 0 Å². The summed E-state index contributed by atoms with van der Waals surface area (Å²) in [4.78, 5) is 11.2. The van der Waals surface area contributed by atoms with Crippen molar-refractivity contribution in [1.29, 1.82) is 0 Å². The van der Waals surface area contributed by atoms with Gasteiger partial charge in [-0.15, -0.1) is 0 Å². The maximum atomic E-state index is 11.2. The lowest BCUT2D eigenvalue weighted by Gasteiger charge is -2.06. The topological polar surface area (TPSA) is 37.3 Å². The Bertz CT molecular complexity index is 337. The average Bonchev–Trinajstić information content (AvgIpc) is 2.20. The van der Waals surface area contributed by atoms with Gasteiger partial charge in [0.2, 0.25) is 0 Å². The van der Waals surface area contributed by atoms with Crippen LogP contribution in [0.25, 0.3) is 0 Å². The maximum Gasteiger partial charge on any atom is 0.147 e. The number of carbonyl (C=O) groups is 1. The number of alkyl halides is 1. The fourth-order valence-corrected chi connectivity index (χ4v) is 1.78. The molecule has 0 bridgehead atoms. The van der Waals surface area contributed by atoms with Gasteiger partial charge in [0.05, 0.1) is 11.9 Å². The second kappa shape index (κ2) is 5.63. The molecule has 76 valence electrons. The molecule has 14 heavy (non-hydrogen) atoms. The van der Waals surface area contributed by atoms with Crippen molar-refractivity contribution in [1.82, 2.24) is 0 Å². The van der Waals surface area contributed by atoms with Crippen LogP contribution in [-0.4, -0.2) is 16.2 Å². The summed E-state index contributed by atoms with van der Waals surface area (Å²) < 4.78 is 0.914. The molecule has 0 aliphatic carbocycles. The van der Waals surface area contributed by atoms with Crippen molar-refractivity contribution >= 4 is 37.6 Å². The van der Waals surface area contributed by atoms with Gasteiger partial charge in [-0.05, 0) is 23.3 Å². The zero-order chi connectivity index (χ0) is 10.6. The van der Waals surface area contributed by atoms with E-state index in [-0.39, 0.29) is 12.4 Å². The first-order valence-corrected chi connectivity index (χ1v) is 6.04. The Hall–Kier alpha value is -0.190. The van der Waals surface area contributed by atoms with Crippen LogP contribution in [0, 0.1) is 0 Å². The SMILES string of the molecule is O=C(CBr)Cc1ccc(Br)cc1CO. The van der Waals surface area contributed by atoms with Crippen molar-refractivity contribution in [2.24, 2.45) is 0 Å². The van der Waals surface area contributed by atoms with Gasteiger partial charge >= 0.3 is 0 Å². The Morgan fingerprint density at radius 1 is 1.36 bits per heavy atom. The Kier molecular flexibility index (Phi) is 4.78. The first-order valence-electron chi connectivity index (χ1n) is 4.13. The van der Waals surface area contributed by atoms with Gasteiger partial charge in [0.15, 0.2) is 0 Å². The smallest absolute Gasteiger partial charge is 0.147 e. The van der Waals surface area contributed by atoms with Gasteiger partial charge in [0.25, 0.3) is 0 Å². The molecular formula is C10H10Br2O2. The molecule has 0 saturated carbocycles. The summed E-state index contributed by atoms with van der Waals surface area (Å²) in [5.41, 5.74) is 1.69. The highest BCUT2D eigenvalue weighted by Crippen LogP contribution is 2.17. The summed E-state index contributed by atoms with van der Waals surface area (Å²) in [6.45, 7) is -0.0374. The fraction of sp³-hybridized carbons (Fsp3) is 0.300. The van der Waals surface area contributed by atoms with Gasteiger partial charge in [-0.3, -0.25) is 4.79 Å². The number of aliphatic hydroxyl groups is 1.